The fraction of sp³-hybridized carbons (Fsp3) is 0.194. The van der Waals surface area contributed by atoms with Crippen LogP contribution in [0.1, 0.15) is 57.9 Å². The summed E-state index contributed by atoms with van der Waals surface area (Å²) in [5.41, 5.74) is 4.85. The fourth-order valence-corrected chi connectivity index (χ4v) is 6.54. The largest absolute Gasteiger partial charge is 0.496 e. The second-order valence-corrected chi connectivity index (χ2v) is 11.8. The first kappa shape index (κ1) is 27.0. The van der Waals surface area contributed by atoms with E-state index < -0.39 is 18.1 Å². The van der Waals surface area contributed by atoms with Gasteiger partial charge in [0.1, 0.15) is 11.9 Å². The number of ketones is 1. The van der Waals surface area contributed by atoms with Gasteiger partial charge in [-0.1, -0.05) is 105 Å². The van der Waals surface area contributed by atoms with Crippen LogP contribution in [0.3, 0.4) is 0 Å². The van der Waals surface area contributed by atoms with Crippen molar-refractivity contribution in [2.45, 2.75) is 31.4 Å². The summed E-state index contributed by atoms with van der Waals surface area (Å²) in [4.78, 5) is 21.9. The molecule has 0 N–H and O–H groups in total. The van der Waals surface area contributed by atoms with Crippen molar-refractivity contribution in [3.8, 4) is 5.75 Å². The Hall–Kier alpha value is -4.19. The first-order valence-electron chi connectivity index (χ1n) is 13.9. The highest BCUT2D eigenvalue weighted by atomic mass is 32.1. The van der Waals surface area contributed by atoms with Crippen LogP contribution in [-0.4, -0.2) is 12.9 Å². The Morgan fingerprint density at radius 2 is 1.46 bits per heavy atom. The number of hydrogen-bond donors (Lipinski definition) is 0. The second-order valence-electron chi connectivity index (χ2n) is 10.9. The Bertz CT molecular complexity index is 1600. The van der Waals surface area contributed by atoms with Gasteiger partial charge in [0.15, 0.2) is 5.78 Å². The molecule has 0 unspecified atom stereocenters. The first-order valence-corrected chi connectivity index (χ1v) is 14.7. The van der Waals surface area contributed by atoms with Gasteiger partial charge in [-0.05, 0) is 52.4 Å². The number of nitrogens with zero attached hydrogens (tertiary/aromatic N) is 1. The van der Waals surface area contributed by atoms with Crippen molar-refractivity contribution in [3.63, 3.8) is 0 Å². The van der Waals surface area contributed by atoms with Crippen molar-refractivity contribution in [1.82, 2.24) is 0 Å². The lowest BCUT2D eigenvalue weighted by Gasteiger charge is -2.31. The summed E-state index contributed by atoms with van der Waals surface area (Å²) < 4.78 is 5.98. The van der Waals surface area contributed by atoms with E-state index in [1.165, 1.54) is 16.9 Å². The molecular formula is C36H33NO3S. The van der Waals surface area contributed by atoms with E-state index in [-0.39, 0.29) is 11.2 Å². The highest BCUT2D eigenvalue weighted by molar-refractivity contribution is 7.12. The molecule has 6 rings (SSSR count). The number of para-hydroxylation sites is 1. The average molecular weight is 560 g/mol. The highest BCUT2D eigenvalue weighted by Gasteiger charge is 2.50. The molecular weight excluding hydrogens is 526 g/mol. The topological polar surface area (TPSA) is 38.8 Å². The van der Waals surface area contributed by atoms with Gasteiger partial charge < -0.3 is 4.74 Å². The third-order valence-electron chi connectivity index (χ3n) is 8.12. The smallest absolute Gasteiger partial charge is 0.181 e. The summed E-state index contributed by atoms with van der Waals surface area (Å²) in [5.74, 6) is 0.275. The number of methoxy groups -OCH3 is 1. The standard InChI is InChI=1S/C36H33NO3S/c1-36(2,26-16-9-5-10-17-26)27-21-22-30(39-3)29(24-27)33-32(34(38)31-20-13-23-41-31)35(25-14-7-4-8-15-25)40-37(33)28-18-11-6-12-19-28/h4-24,32-33,35H,1-3H3/t32-,33+,35-/m0/s1. The maximum absolute atomic E-state index is 14.4. The molecule has 41 heavy (non-hydrogen) atoms. The van der Waals surface area contributed by atoms with Crippen molar-refractivity contribution < 1.29 is 14.4 Å². The number of thiophene rings is 1. The minimum absolute atomic E-state index is 0.0621. The van der Waals surface area contributed by atoms with E-state index in [9.17, 15) is 4.79 Å². The van der Waals surface area contributed by atoms with E-state index >= 15 is 0 Å². The molecule has 3 atom stereocenters. The molecule has 0 radical (unpaired) electrons. The van der Waals surface area contributed by atoms with Crippen LogP contribution < -0.4 is 9.80 Å². The van der Waals surface area contributed by atoms with E-state index in [0.717, 1.165) is 33.0 Å². The Balaban J connectivity index is 1.56. The van der Waals surface area contributed by atoms with E-state index in [1.807, 2.05) is 95.4 Å². The number of carbonyl (C=O) groups excluding carboxylic acids is 1. The lowest BCUT2D eigenvalue weighted by molar-refractivity contribution is 0.0602. The monoisotopic (exact) mass is 559 g/mol. The molecule has 4 aromatic carbocycles. The van der Waals surface area contributed by atoms with Crippen LogP contribution in [0.15, 0.2) is 127 Å². The average Bonchev–Trinajstić information content (AvgIpc) is 3.71. The van der Waals surface area contributed by atoms with Crippen molar-refractivity contribution in [2.24, 2.45) is 5.92 Å². The lowest BCUT2D eigenvalue weighted by atomic mass is 9.76. The van der Waals surface area contributed by atoms with Crippen LogP contribution in [0.4, 0.5) is 5.69 Å². The van der Waals surface area contributed by atoms with Gasteiger partial charge in [0.05, 0.1) is 29.6 Å². The molecule has 4 nitrogen and oxygen atoms in total. The normalized spacial score (nSPS) is 18.8. The number of hydroxylamine groups is 1. The van der Waals surface area contributed by atoms with Crippen LogP contribution in [0.2, 0.25) is 0 Å². The zero-order valence-electron chi connectivity index (χ0n) is 23.4. The number of rotatable bonds is 8. The zero-order chi connectivity index (χ0) is 28.4. The Morgan fingerprint density at radius 1 is 0.805 bits per heavy atom. The molecule has 5 heteroatoms. The molecule has 0 spiro atoms. The molecule has 1 saturated heterocycles. The Kier molecular flexibility index (Phi) is 7.48. The van der Waals surface area contributed by atoms with Crippen molar-refractivity contribution in [2.75, 3.05) is 12.2 Å². The molecule has 1 aliphatic heterocycles. The van der Waals surface area contributed by atoms with Crippen molar-refractivity contribution >= 4 is 22.8 Å². The maximum Gasteiger partial charge on any atom is 0.181 e. The van der Waals surface area contributed by atoms with E-state index in [0.29, 0.717) is 0 Å². The van der Waals surface area contributed by atoms with E-state index in [4.69, 9.17) is 9.57 Å². The molecule has 5 aromatic rings. The number of anilines is 1. The molecule has 0 amide bonds. The summed E-state index contributed by atoms with van der Waals surface area (Å²) in [6.45, 7) is 4.46. The minimum atomic E-state index is -0.514. The Morgan fingerprint density at radius 3 is 2.10 bits per heavy atom. The number of Topliss-reactive ketones (excluding diaryl/α,β-unsaturated/α-hetero) is 1. The minimum Gasteiger partial charge on any atom is -0.496 e. The molecule has 2 heterocycles. The van der Waals surface area contributed by atoms with Crippen molar-refractivity contribution in [1.29, 1.82) is 0 Å². The summed E-state index contributed by atoms with van der Waals surface area (Å²) in [6.07, 6.45) is -0.480. The summed E-state index contributed by atoms with van der Waals surface area (Å²) in [7, 11) is 1.69. The second kappa shape index (κ2) is 11.4. The Labute approximate surface area is 245 Å². The zero-order valence-corrected chi connectivity index (χ0v) is 24.3. The van der Waals surface area contributed by atoms with Gasteiger partial charge in [0.2, 0.25) is 0 Å². The molecule has 0 bridgehead atoms. The number of hydrogen-bond acceptors (Lipinski definition) is 5. The fourth-order valence-electron chi connectivity index (χ4n) is 5.83. The summed E-state index contributed by atoms with van der Waals surface area (Å²) in [5, 5.41) is 3.87. The van der Waals surface area contributed by atoms with Gasteiger partial charge in [-0.25, -0.2) is 5.06 Å². The predicted octanol–water partition coefficient (Wildman–Crippen LogP) is 8.82. The van der Waals surface area contributed by atoms with Gasteiger partial charge in [-0.15, -0.1) is 11.3 Å². The highest BCUT2D eigenvalue weighted by Crippen LogP contribution is 2.52. The van der Waals surface area contributed by atoms with Crippen molar-refractivity contribution in [3.05, 3.63) is 154 Å². The number of benzene rings is 4. The quantitative estimate of drug-likeness (QED) is 0.178. The maximum atomic E-state index is 14.4. The summed E-state index contributed by atoms with van der Waals surface area (Å²) in [6, 6.07) is 40.4. The third-order valence-corrected chi connectivity index (χ3v) is 9.00. The van der Waals surface area contributed by atoms with Gasteiger partial charge in [-0.2, -0.15) is 0 Å². The van der Waals surface area contributed by atoms with Crippen LogP contribution in [-0.2, 0) is 10.3 Å². The number of ether oxygens (including phenoxy) is 1. The molecule has 206 valence electrons. The van der Waals surface area contributed by atoms with Crippen LogP contribution in [0.25, 0.3) is 0 Å². The van der Waals surface area contributed by atoms with Gasteiger partial charge in [0.25, 0.3) is 0 Å². The van der Waals surface area contributed by atoms with Crippen LogP contribution in [0.5, 0.6) is 5.75 Å². The van der Waals surface area contributed by atoms with Crippen LogP contribution >= 0.6 is 11.3 Å². The van der Waals surface area contributed by atoms with E-state index in [1.54, 1.807) is 7.11 Å². The summed E-state index contributed by atoms with van der Waals surface area (Å²) >= 11 is 1.47. The number of carbonyl (C=O) groups is 1. The van der Waals surface area contributed by atoms with Gasteiger partial charge in [-0.3, -0.25) is 9.63 Å². The molecule has 1 fully saturated rings. The lowest BCUT2D eigenvalue weighted by Crippen LogP contribution is -2.29. The molecule has 1 aliphatic rings. The van der Waals surface area contributed by atoms with Crippen LogP contribution in [0, 0.1) is 5.92 Å². The predicted molar refractivity (Wildman–Crippen MR) is 166 cm³/mol. The third kappa shape index (κ3) is 5.08. The van der Waals surface area contributed by atoms with Gasteiger partial charge in [0, 0.05) is 11.0 Å². The molecule has 0 saturated carbocycles. The SMILES string of the molecule is COc1ccc(C(C)(C)c2ccccc2)cc1[C@@H]1[C@@H](C(=O)c2cccs2)[C@H](c2ccccc2)ON1c1ccccc1. The van der Waals surface area contributed by atoms with Gasteiger partial charge >= 0.3 is 0 Å². The molecule has 1 aromatic heterocycles. The van der Waals surface area contributed by atoms with E-state index in [2.05, 4.69) is 50.2 Å². The molecule has 0 aliphatic carbocycles. The first-order chi connectivity index (χ1) is 20.0.